The van der Waals surface area contributed by atoms with Crippen LogP contribution in [0.15, 0.2) is 12.7 Å². The van der Waals surface area contributed by atoms with E-state index in [0.29, 0.717) is 23.9 Å². The molecule has 0 spiro atoms. The van der Waals surface area contributed by atoms with Crippen molar-refractivity contribution >= 4 is 11.9 Å². The minimum atomic E-state index is 0.357. The zero-order valence-corrected chi connectivity index (χ0v) is 12.0. The molecule has 0 fully saturated rings. The number of hydrogen-bond acceptors (Lipinski definition) is 7. The molecular formula is C12H20N8. The minimum absolute atomic E-state index is 0.357. The normalized spacial score (nSPS) is 12.2. The number of anilines is 2. The van der Waals surface area contributed by atoms with Crippen molar-refractivity contribution in [1.82, 2.24) is 29.7 Å². The molecule has 2 rings (SSSR count). The molecule has 8 nitrogen and oxygen atoms in total. The van der Waals surface area contributed by atoms with Crippen LogP contribution in [0, 0.1) is 0 Å². The zero-order chi connectivity index (χ0) is 14.4. The van der Waals surface area contributed by atoms with Crippen LogP contribution in [0.3, 0.4) is 0 Å². The molecule has 2 aromatic rings. The second kappa shape index (κ2) is 6.78. The fourth-order valence-corrected chi connectivity index (χ4v) is 1.86. The maximum absolute atomic E-state index is 4.38. The first-order valence-corrected chi connectivity index (χ1v) is 6.82. The highest BCUT2D eigenvalue weighted by Crippen LogP contribution is 2.12. The SMILES string of the molecule is CCCC(CC)Nc1nc(NC)nc(-n2cncn2)n1. The highest BCUT2D eigenvalue weighted by Gasteiger charge is 2.11. The van der Waals surface area contributed by atoms with Crippen LogP contribution in [0.2, 0.25) is 0 Å². The maximum Gasteiger partial charge on any atom is 0.258 e. The monoisotopic (exact) mass is 276 g/mol. The van der Waals surface area contributed by atoms with Gasteiger partial charge >= 0.3 is 0 Å². The lowest BCUT2D eigenvalue weighted by Gasteiger charge is -2.16. The van der Waals surface area contributed by atoms with Gasteiger partial charge in [-0.25, -0.2) is 4.98 Å². The van der Waals surface area contributed by atoms with Crippen molar-refractivity contribution in [2.45, 2.75) is 39.2 Å². The fourth-order valence-electron chi connectivity index (χ4n) is 1.86. The van der Waals surface area contributed by atoms with Crippen LogP contribution >= 0.6 is 0 Å². The molecule has 2 heterocycles. The Morgan fingerprint density at radius 3 is 2.60 bits per heavy atom. The molecule has 0 saturated carbocycles. The first-order chi connectivity index (χ1) is 9.76. The predicted molar refractivity (Wildman–Crippen MR) is 76.9 cm³/mol. The summed E-state index contributed by atoms with van der Waals surface area (Å²) in [6, 6.07) is 0.357. The van der Waals surface area contributed by atoms with E-state index >= 15 is 0 Å². The van der Waals surface area contributed by atoms with Gasteiger partial charge in [0.15, 0.2) is 0 Å². The first kappa shape index (κ1) is 14.2. The number of aromatic nitrogens is 6. The molecule has 20 heavy (non-hydrogen) atoms. The summed E-state index contributed by atoms with van der Waals surface area (Å²) in [4.78, 5) is 16.9. The lowest BCUT2D eigenvalue weighted by atomic mass is 10.1. The molecule has 1 atom stereocenters. The van der Waals surface area contributed by atoms with Crippen molar-refractivity contribution in [1.29, 1.82) is 0 Å². The molecule has 108 valence electrons. The Bertz CT molecular complexity index is 524. The summed E-state index contributed by atoms with van der Waals surface area (Å²) in [6.07, 6.45) is 6.22. The topological polar surface area (TPSA) is 93.4 Å². The average molecular weight is 276 g/mol. The number of nitrogens with one attached hydrogen (secondary N) is 2. The quantitative estimate of drug-likeness (QED) is 0.791. The van der Waals surface area contributed by atoms with Crippen molar-refractivity contribution in [2.75, 3.05) is 17.7 Å². The Hall–Kier alpha value is -2.25. The molecule has 0 aliphatic carbocycles. The molecule has 0 bridgehead atoms. The molecule has 0 radical (unpaired) electrons. The average Bonchev–Trinajstić information content (AvgIpc) is 3.00. The van der Waals surface area contributed by atoms with Crippen LogP contribution in [0.25, 0.3) is 5.95 Å². The number of hydrogen-bond donors (Lipinski definition) is 2. The van der Waals surface area contributed by atoms with Crippen LogP contribution in [0.4, 0.5) is 11.9 Å². The predicted octanol–water partition coefficient (Wildman–Crippen LogP) is 1.48. The Balaban J connectivity index is 2.26. The fraction of sp³-hybridized carbons (Fsp3) is 0.583. The second-order valence-corrected chi connectivity index (χ2v) is 4.41. The Kier molecular flexibility index (Phi) is 4.80. The van der Waals surface area contributed by atoms with Gasteiger partial charge in [-0.3, -0.25) is 0 Å². The van der Waals surface area contributed by atoms with Gasteiger partial charge in [0.1, 0.15) is 12.7 Å². The van der Waals surface area contributed by atoms with Crippen molar-refractivity contribution in [3.05, 3.63) is 12.7 Å². The summed E-state index contributed by atoms with van der Waals surface area (Å²) in [6.45, 7) is 4.31. The van der Waals surface area contributed by atoms with E-state index < -0.39 is 0 Å². The number of nitrogens with zero attached hydrogens (tertiary/aromatic N) is 6. The summed E-state index contributed by atoms with van der Waals surface area (Å²) in [7, 11) is 1.77. The third kappa shape index (κ3) is 3.40. The van der Waals surface area contributed by atoms with Crippen LogP contribution in [-0.4, -0.2) is 42.8 Å². The minimum Gasteiger partial charge on any atom is -0.357 e. The summed E-state index contributed by atoms with van der Waals surface area (Å²) < 4.78 is 1.51. The maximum atomic E-state index is 4.38. The standard InChI is InChI=1S/C12H20N8/c1-4-6-9(5-2)16-11-17-10(13-3)18-12(19-11)20-8-14-7-15-20/h7-9H,4-6H2,1-3H3,(H2,13,16,17,18,19). The van der Waals surface area contributed by atoms with Gasteiger partial charge < -0.3 is 10.6 Å². The summed E-state index contributed by atoms with van der Waals surface area (Å²) in [5, 5.41) is 10.3. The molecule has 0 aliphatic rings. The Labute approximate surface area is 118 Å². The first-order valence-electron chi connectivity index (χ1n) is 6.82. The van der Waals surface area contributed by atoms with E-state index in [0.717, 1.165) is 19.3 Å². The van der Waals surface area contributed by atoms with Gasteiger partial charge in [-0.05, 0) is 12.8 Å². The molecule has 0 saturated heterocycles. The van der Waals surface area contributed by atoms with E-state index in [2.05, 4.69) is 49.5 Å². The van der Waals surface area contributed by atoms with Crippen LogP contribution in [-0.2, 0) is 0 Å². The van der Waals surface area contributed by atoms with E-state index in [4.69, 9.17) is 0 Å². The molecule has 2 aromatic heterocycles. The molecule has 0 amide bonds. The molecular weight excluding hydrogens is 256 g/mol. The summed E-state index contributed by atoms with van der Waals surface area (Å²) in [5.74, 6) is 1.49. The van der Waals surface area contributed by atoms with Gasteiger partial charge in [0.25, 0.3) is 5.95 Å². The van der Waals surface area contributed by atoms with E-state index in [1.807, 2.05) is 0 Å². The Morgan fingerprint density at radius 1 is 1.20 bits per heavy atom. The van der Waals surface area contributed by atoms with E-state index in [1.54, 1.807) is 13.4 Å². The highest BCUT2D eigenvalue weighted by atomic mass is 15.4. The van der Waals surface area contributed by atoms with Crippen molar-refractivity contribution < 1.29 is 0 Å². The highest BCUT2D eigenvalue weighted by molar-refractivity contribution is 5.37. The van der Waals surface area contributed by atoms with Crippen LogP contribution in [0.1, 0.15) is 33.1 Å². The van der Waals surface area contributed by atoms with Crippen molar-refractivity contribution in [2.24, 2.45) is 0 Å². The molecule has 0 aromatic carbocycles. The lowest BCUT2D eigenvalue weighted by Crippen LogP contribution is -2.21. The van der Waals surface area contributed by atoms with Crippen LogP contribution in [0.5, 0.6) is 0 Å². The number of rotatable bonds is 7. The largest absolute Gasteiger partial charge is 0.357 e. The Morgan fingerprint density at radius 2 is 2.00 bits per heavy atom. The molecule has 0 aliphatic heterocycles. The lowest BCUT2D eigenvalue weighted by molar-refractivity contribution is 0.616. The second-order valence-electron chi connectivity index (χ2n) is 4.41. The van der Waals surface area contributed by atoms with Gasteiger partial charge in [-0.15, -0.1) is 0 Å². The van der Waals surface area contributed by atoms with Crippen molar-refractivity contribution in [3.63, 3.8) is 0 Å². The smallest absolute Gasteiger partial charge is 0.258 e. The van der Waals surface area contributed by atoms with E-state index in [-0.39, 0.29) is 0 Å². The van der Waals surface area contributed by atoms with Gasteiger partial charge in [0.05, 0.1) is 0 Å². The van der Waals surface area contributed by atoms with Crippen molar-refractivity contribution in [3.8, 4) is 5.95 Å². The third-order valence-electron chi connectivity index (χ3n) is 2.93. The van der Waals surface area contributed by atoms with E-state index in [9.17, 15) is 0 Å². The summed E-state index contributed by atoms with van der Waals surface area (Å²) >= 11 is 0. The zero-order valence-electron chi connectivity index (χ0n) is 12.0. The molecule has 8 heteroatoms. The molecule has 1 unspecified atom stereocenters. The van der Waals surface area contributed by atoms with Gasteiger partial charge in [-0.1, -0.05) is 20.3 Å². The summed E-state index contributed by atoms with van der Waals surface area (Å²) in [5.41, 5.74) is 0. The third-order valence-corrected chi connectivity index (χ3v) is 2.93. The van der Waals surface area contributed by atoms with Gasteiger partial charge in [-0.2, -0.15) is 24.7 Å². The van der Waals surface area contributed by atoms with E-state index in [1.165, 1.54) is 11.0 Å². The van der Waals surface area contributed by atoms with Gasteiger partial charge in [0, 0.05) is 13.1 Å². The van der Waals surface area contributed by atoms with Gasteiger partial charge in [0.2, 0.25) is 11.9 Å². The van der Waals surface area contributed by atoms with Crippen LogP contribution < -0.4 is 10.6 Å². The molecule has 2 N–H and O–H groups in total.